The Bertz CT molecular complexity index is 913. The Hall–Kier alpha value is -3.67. The Morgan fingerprint density at radius 2 is 1.69 bits per heavy atom. The van der Waals surface area contributed by atoms with Crippen molar-refractivity contribution >= 4 is 23.9 Å². The zero-order valence-corrected chi connectivity index (χ0v) is 13.7. The van der Waals surface area contributed by atoms with Gasteiger partial charge in [-0.25, -0.2) is 4.79 Å². The van der Waals surface area contributed by atoms with E-state index in [9.17, 15) is 14.4 Å². The lowest BCUT2D eigenvalue weighted by Gasteiger charge is -2.07. The number of hydrogen-bond donors (Lipinski definition) is 1. The van der Waals surface area contributed by atoms with E-state index in [0.717, 1.165) is 5.56 Å². The molecule has 0 aliphatic heterocycles. The Morgan fingerprint density at radius 3 is 2.35 bits per heavy atom. The molecule has 26 heavy (non-hydrogen) atoms. The molecule has 6 nitrogen and oxygen atoms in total. The maximum Gasteiger partial charge on any atom is 0.338 e. The number of benzene rings is 2. The molecule has 130 valence electrons. The van der Waals surface area contributed by atoms with Gasteiger partial charge in [0.1, 0.15) is 5.76 Å². The second kappa shape index (κ2) is 7.94. The topological polar surface area (TPSA) is 85.6 Å². The first-order chi connectivity index (χ1) is 12.7. The monoisotopic (exact) mass is 349 g/mol. The van der Waals surface area contributed by atoms with E-state index >= 15 is 0 Å². The fourth-order valence-corrected chi connectivity index (χ4v) is 2.27. The minimum absolute atomic E-state index is 0.230. The summed E-state index contributed by atoms with van der Waals surface area (Å²) < 4.78 is 10.3. The van der Waals surface area contributed by atoms with Gasteiger partial charge in [0.05, 0.1) is 5.56 Å². The number of rotatable bonds is 6. The van der Waals surface area contributed by atoms with Crippen LogP contribution in [-0.4, -0.2) is 24.8 Å². The molecular weight excluding hydrogens is 334 g/mol. The molecule has 3 rings (SSSR count). The highest BCUT2D eigenvalue weighted by Crippen LogP contribution is 2.22. The third-order valence-electron chi connectivity index (χ3n) is 3.54. The molecule has 0 atom stereocenters. The maximum atomic E-state index is 12.0. The van der Waals surface area contributed by atoms with Crippen LogP contribution < -0.4 is 5.32 Å². The Labute approximate surface area is 149 Å². The smallest absolute Gasteiger partial charge is 0.338 e. The van der Waals surface area contributed by atoms with Gasteiger partial charge in [0, 0.05) is 11.3 Å². The van der Waals surface area contributed by atoms with Gasteiger partial charge in [-0.2, -0.15) is 0 Å². The van der Waals surface area contributed by atoms with Crippen LogP contribution in [0.1, 0.15) is 20.9 Å². The van der Waals surface area contributed by atoms with Crippen LogP contribution in [0.25, 0.3) is 11.3 Å². The summed E-state index contributed by atoms with van der Waals surface area (Å²) in [6, 6.07) is 18.6. The minimum Gasteiger partial charge on any atom is -0.453 e. The molecule has 1 heterocycles. The SMILES string of the molecule is O=Cc1ccc(-c2ccc(C(=O)OCC(=O)Nc3ccccc3)cc2)o1. The van der Waals surface area contributed by atoms with Crippen molar-refractivity contribution in [3.63, 3.8) is 0 Å². The van der Waals surface area contributed by atoms with Gasteiger partial charge >= 0.3 is 5.97 Å². The molecule has 0 radical (unpaired) electrons. The van der Waals surface area contributed by atoms with Gasteiger partial charge < -0.3 is 14.5 Å². The lowest BCUT2D eigenvalue weighted by molar-refractivity contribution is -0.119. The van der Waals surface area contributed by atoms with Crippen molar-refractivity contribution in [2.24, 2.45) is 0 Å². The van der Waals surface area contributed by atoms with Gasteiger partial charge in [-0.1, -0.05) is 30.3 Å². The third kappa shape index (κ3) is 4.24. The molecule has 1 aromatic heterocycles. The van der Waals surface area contributed by atoms with Gasteiger partial charge in [0.2, 0.25) is 0 Å². The first kappa shape index (κ1) is 17.2. The molecule has 6 heteroatoms. The van der Waals surface area contributed by atoms with Crippen molar-refractivity contribution in [3.05, 3.63) is 78.1 Å². The summed E-state index contributed by atoms with van der Waals surface area (Å²) in [5, 5.41) is 2.63. The van der Waals surface area contributed by atoms with Crippen LogP contribution in [-0.2, 0) is 9.53 Å². The summed E-state index contributed by atoms with van der Waals surface area (Å²) in [6.07, 6.45) is 0.621. The zero-order chi connectivity index (χ0) is 18.4. The van der Waals surface area contributed by atoms with E-state index in [0.29, 0.717) is 23.3 Å². The fourth-order valence-electron chi connectivity index (χ4n) is 2.27. The minimum atomic E-state index is -0.604. The number of carbonyl (C=O) groups is 3. The van der Waals surface area contributed by atoms with Crippen LogP contribution >= 0.6 is 0 Å². The summed E-state index contributed by atoms with van der Waals surface area (Å²) in [4.78, 5) is 34.5. The molecule has 2 aromatic carbocycles. The summed E-state index contributed by atoms with van der Waals surface area (Å²) in [5.74, 6) is -0.270. The number of aldehydes is 1. The van der Waals surface area contributed by atoms with Gasteiger partial charge in [-0.05, 0) is 36.4 Å². The number of hydrogen-bond acceptors (Lipinski definition) is 5. The number of anilines is 1. The summed E-state index contributed by atoms with van der Waals surface area (Å²) in [6.45, 7) is -0.379. The normalized spacial score (nSPS) is 10.2. The van der Waals surface area contributed by atoms with Gasteiger partial charge in [0.15, 0.2) is 18.7 Å². The van der Waals surface area contributed by atoms with Gasteiger partial charge in [0.25, 0.3) is 5.91 Å². The summed E-state index contributed by atoms with van der Waals surface area (Å²) in [7, 11) is 0. The number of ether oxygens (including phenoxy) is 1. The molecule has 0 aliphatic carbocycles. The van der Waals surface area contributed by atoms with Gasteiger partial charge in [-0.3, -0.25) is 9.59 Å². The first-order valence-corrected chi connectivity index (χ1v) is 7.83. The summed E-state index contributed by atoms with van der Waals surface area (Å²) >= 11 is 0. The molecule has 0 spiro atoms. The maximum absolute atomic E-state index is 12.0. The molecule has 0 unspecified atom stereocenters. The van der Waals surface area contributed by atoms with E-state index in [4.69, 9.17) is 9.15 Å². The molecule has 1 N–H and O–H groups in total. The molecule has 0 bridgehead atoms. The average molecular weight is 349 g/mol. The van der Waals surface area contributed by atoms with Crippen LogP contribution in [0.3, 0.4) is 0 Å². The third-order valence-corrected chi connectivity index (χ3v) is 3.54. The van der Waals surface area contributed by atoms with Crippen molar-refractivity contribution in [2.75, 3.05) is 11.9 Å². The van der Waals surface area contributed by atoms with Crippen LogP contribution in [0.4, 0.5) is 5.69 Å². The number of esters is 1. The molecule has 3 aromatic rings. The Morgan fingerprint density at radius 1 is 0.962 bits per heavy atom. The van der Waals surface area contributed by atoms with Crippen molar-refractivity contribution in [2.45, 2.75) is 0 Å². The van der Waals surface area contributed by atoms with E-state index in [1.165, 1.54) is 0 Å². The highest BCUT2D eigenvalue weighted by atomic mass is 16.5. The Balaban J connectivity index is 1.56. The van der Waals surface area contributed by atoms with E-state index in [-0.39, 0.29) is 12.4 Å². The van der Waals surface area contributed by atoms with Crippen LogP contribution in [0, 0.1) is 0 Å². The molecule has 0 saturated carbocycles. The van der Waals surface area contributed by atoms with Crippen molar-refractivity contribution < 1.29 is 23.5 Å². The number of furan rings is 1. The van der Waals surface area contributed by atoms with Crippen LogP contribution in [0.2, 0.25) is 0 Å². The van der Waals surface area contributed by atoms with Crippen molar-refractivity contribution in [1.29, 1.82) is 0 Å². The van der Waals surface area contributed by atoms with E-state index in [1.807, 2.05) is 6.07 Å². The standard InChI is InChI=1S/C20H15NO5/c22-12-17-10-11-18(26-17)14-6-8-15(9-7-14)20(24)25-13-19(23)21-16-4-2-1-3-5-16/h1-12H,13H2,(H,21,23). The predicted molar refractivity (Wildman–Crippen MR) is 94.9 cm³/mol. The average Bonchev–Trinajstić information content (AvgIpc) is 3.16. The van der Waals surface area contributed by atoms with E-state index in [1.54, 1.807) is 60.7 Å². The highest BCUT2D eigenvalue weighted by molar-refractivity contribution is 5.95. The molecule has 0 saturated heterocycles. The quantitative estimate of drug-likeness (QED) is 0.543. The predicted octanol–water partition coefficient (Wildman–Crippen LogP) is 3.55. The van der Waals surface area contributed by atoms with E-state index in [2.05, 4.69) is 5.32 Å². The number of nitrogens with one attached hydrogen (secondary N) is 1. The molecule has 1 amide bonds. The molecular formula is C20H15NO5. The first-order valence-electron chi connectivity index (χ1n) is 7.83. The second-order valence-electron chi connectivity index (χ2n) is 5.39. The summed E-state index contributed by atoms with van der Waals surface area (Å²) in [5.41, 5.74) is 1.66. The van der Waals surface area contributed by atoms with Crippen molar-refractivity contribution in [3.8, 4) is 11.3 Å². The number of para-hydroxylation sites is 1. The second-order valence-corrected chi connectivity index (χ2v) is 5.39. The van der Waals surface area contributed by atoms with Crippen LogP contribution in [0.5, 0.6) is 0 Å². The number of carbonyl (C=O) groups excluding carboxylic acids is 3. The number of amides is 1. The largest absolute Gasteiger partial charge is 0.453 e. The van der Waals surface area contributed by atoms with Crippen molar-refractivity contribution in [1.82, 2.24) is 0 Å². The fraction of sp³-hybridized carbons (Fsp3) is 0.0500. The lowest BCUT2D eigenvalue weighted by Crippen LogP contribution is -2.20. The molecule has 0 fully saturated rings. The zero-order valence-electron chi connectivity index (χ0n) is 13.7. The van der Waals surface area contributed by atoms with Gasteiger partial charge in [-0.15, -0.1) is 0 Å². The molecule has 0 aliphatic rings. The van der Waals surface area contributed by atoms with Crippen LogP contribution in [0.15, 0.2) is 71.1 Å². The van der Waals surface area contributed by atoms with E-state index < -0.39 is 11.9 Å². The lowest BCUT2D eigenvalue weighted by atomic mass is 10.1. The highest BCUT2D eigenvalue weighted by Gasteiger charge is 2.11. The Kier molecular flexibility index (Phi) is 5.24.